The molecular formula is C31H41ClN2O8. The van der Waals surface area contributed by atoms with Gasteiger partial charge in [0.1, 0.15) is 12.2 Å². The number of nitrogens with one attached hydrogen (secondary N) is 1. The van der Waals surface area contributed by atoms with Crippen molar-refractivity contribution in [2.24, 2.45) is 0 Å². The zero-order valence-electron chi connectivity index (χ0n) is 24.3. The van der Waals surface area contributed by atoms with Gasteiger partial charge in [-0.05, 0) is 37.8 Å². The van der Waals surface area contributed by atoms with E-state index in [-0.39, 0.29) is 54.9 Å². The lowest BCUT2D eigenvalue weighted by atomic mass is 9.81. The van der Waals surface area contributed by atoms with E-state index in [2.05, 4.69) is 18.3 Å². The molecule has 0 aromatic heterocycles. The van der Waals surface area contributed by atoms with Gasteiger partial charge in [0.25, 0.3) is 5.69 Å². The molecule has 0 spiro atoms. The van der Waals surface area contributed by atoms with Crippen molar-refractivity contribution in [1.29, 1.82) is 0 Å². The Kier molecular flexibility index (Phi) is 13.2. The van der Waals surface area contributed by atoms with E-state index in [0.717, 1.165) is 19.3 Å². The van der Waals surface area contributed by atoms with Crippen LogP contribution in [0.5, 0.6) is 0 Å². The van der Waals surface area contributed by atoms with Crippen LogP contribution in [0.15, 0.2) is 47.5 Å². The number of amides is 1. The van der Waals surface area contributed by atoms with Crippen LogP contribution in [0.4, 0.5) is 5.69 Å². The van der Waals surface area contributed by atoms with Crippen molar-refractivity contribution >= 4 is 34.9 Å². The summed E-state index contributed by atoms with van der Waals surface area (Å²) in [7, 11) is 1.73. The highest BCUT2D eigenvalue weighted by Gasteiger charge is 2.70. The second kappa shape index (κ2) is 16.5. The number of ether oxygens (including phenoxy) is 3. The number of hydrogen-bond acceptors (Lipinski definition) is 8. The molecule has 0 unspecified atom stereocenters. The molecule has 0 radical (unpaired) electrons. The van der Waals surface area contributed by atoms with Gasteiger partial charge in [0.05, 0.1) is 16.6 Å². The third kappa shape index (κ3) is 8.96. The zero-order chi connectivity index (χ0) is 30.5. The number of allylic oxidation sites excluding steroid dienone is 1. The van der Waals surface area contributed by atoms with Gasteiger partial charge in [-0.1, -0.05) is 62.8 Å². The van der Waals surface area contributed by atoms with Crippen LogP contribution in [0, 0.1) is 10.1 Å². The summed E-state index contributed by atoms with van der Waals surface area (Å²) < 4.78 is 17.0. The molecule has 1 aromatic carbocycles. The fraction of sp³-hybridized carbons (Fsp3) is 0.581. The van der Waals surface area contributed by atoms with Gasteiger partial charge in [-0.25, -0.2) is 4.79 Å². The fourth-order valence-electron chi connectivity index (χ4n) is 5.24. The van der Waals surface area contributed by atoms with Crippen LogP contribution in [0.25, 0.3) is 0 Å². The third-order valence-electron chi connectivity index (χ3n) is 7.79. The largest absolute Gasteiger partial charge is 0.456 e. The van der Waals surface area contributed by atoms with Crippen LogP contribution in [0.1, 0.15) is 87.9 Å². The van der Waals surface area contributed by atoms with Crippen molar-refractivity contribution in [3.63, 3.8) is 0 Å². The molecule has 2 fully saturated rings. The first-order valence-corrected chi connectivity index (χ1v) is 15.1. The highest BCUT2D eigenvalue weighted by molar-refractivity contribution is 6.26. The number of rotatable bonds is 18. The molecule has 0 bridgehead atoms. The number of benzene rings is 1. The predicted octanol–water partition coefficient (Wildman–Crippen LogP) is 5.96. The van der Waals surface area contributed by atoms with Crippen molar-refractivity contribution in [2.75, 3.05) is 13.7 Å². The van der Waals surface area contributed by atoms with E-state index in [4.69, 9.17) is 25.8 Å². The molecule has 11 heteroatoms. The second-order valence-corrected chi connectivity index (χ2v) is 10.9. The number of epoxide rings is 1. The molecule has 1 aliphatic heterocycles. The minimum atomic E-state index is -1.33. The number of carbonyl (C=O) groups excluding carboxylic acids is 3. The van der Waals surface area contributed by atoms with Crippen molar-refractivity contribution in [3.8, 4) is 0 Å². The van der Waals surface area contributed by atoms with Crippen LogP contribution < -0.4 is 5.32 Å². The molecular weight excluding hydrogens is 564 g/mol. The van der Waals surface area contributed by atoms with E-state index in [0.29, 0.717) is 12.0 Å². The van der Waals surface area contributed by atoms with E-state index in [9.17, 15) is 24.5 Å². The van der Waals surface area contributed by atoms with Crippen molar-refractivity contribution in [1.82, 2.24) is 5.32 Å². The molecule has 4 atom stereocenters. The molecule has 1 saturated carbocycles. The lowest BCUT2D eigenvalue weighted by molar-refractivity contribution is -0.384. The van der Waals surface area contributed by atoms with Crippen LogP contribution in [0.3, 0.4) is 0 Å². The first-order valence-electron chi connectivity index (χ1n) is 14.7. The standard InChI is InChI=1S/C31H41ClN2O8/c1-3-4-5-6-8-11-25(40-2)12-9-7-10-13-28(36)33-21-23(20-32)31-27(35)19-18-26(29(31)42-31)41-30(37)22-14-16-24(17-15-22)34(38)39/h7,9,14-17,20,25-26,29H,3-6,8,10-13,18-19,21H2,1-2H3,(H,33,36)/b9-7+,23-20-/t25-,26-,29-,31+/m0/s1. The number of hydrogen-bond donors (Lipinski definition) is 1. The number of nitro benzene ring substituents is 1. The monoisotopic (exact) mass is 604 g/mol. The maximum atomic E-state index is 12.9. The number of nitrogens with zero attached hydrogens (tertiary/aromatic N) is 1. The Labute approximate surface area is 251 Å². The van der Waals surface area contributed by atoms with Gasteiger partial charge < -0.3 is 19.5 Å². The number of fused-ring (bicyclic) bond motifs is 1. The first-order chi connectivity index (χ1) is 20.3. The third-order valence-corrected chi connectivity index (χ3v) is 8.05. The van der Waals surface area contributed by atoms with Gasteiger partial charge in [-0.3, -0.25) is 19.7 Å². The molecule has 3 rings (SSSR count). The molecule has 230 valence electrons. The Hall–Kier alpha value is -3.08. The average Bonchev–Trinajstić information content (AvgIpc) is 3.75. The van der Waals surface area contributed by atoms with Gasteiger partial charge in [0, 0.05) is 49.7 Å². The lowest BCUT2D eigenvalue weighted by Gasteiger charge is -2.25. The van der Waals surface area contributed by atoms with Crippen LogP contribution in [-0.2, 0) is 23.8 Å². The number of esters is 1. The predicted molar refractivity (Wildman–Crippen MR) is 158 cm³/mol. The number of nitro groups is 1. The molecule has 1 heterocycles. The van der Waals surface area contributed by atoms with Crippen molar-refractivity contribution in [2.45, 2.75) is 101 Å². The summed E-state index contributed by atoms with van der Waals surface area (Å²) >= 11 is 6.07. The number of ketones is 1. The van der Waals surface area contributed by atoms with Gasteiger partial charge in [0.2, 0.25) is 5.91 Å². The first kappa shape index (κ1) is 33.4. The van der Waals surface area contributed by atoms with Crippen LogP contribution in [0.2, 0.25) is 0 Å². The summed E-state index contributed by atoms with van der Waals surface area (Å²) in [4.78, 5) is 48.3. The second-order valence-electron chi connectivity index (χ2n) is 10.7. The van der Waals surface area contributed by atoms with Gasteiger partial charge in [-0.2, -0.15) is 0 Å². The molecule has 42 heavy (non-hydrogen) atoms. The average molecular weight is 605 g/mol. The van der Waals surface area contributed by atoms with E-state index in [1.54, 1.807) is 7.11 Å². The Morgan fingerprint density at radius 2 is 1.95 bits per heavy atom. The number of methoxy groups -OCH3 is 1. The topological polar surface area (TPSA) is 137 Å². The molecule has 10 nitrogen and oxygen atoms in total. The molecule has 1 amide bonds. The number of carbonyl (C=O) groups is 3. The van der Waals surface area contributed by atoms with E-state index < -0.39 is 28.7 Å². The molecule has 2 aliphatic rings. The smallest absolute Gasteiger partial charge is 0.338 e. The maximum absolute atomic E-state index is 12.9. The summed E-state index contributed by atoms with van der Waals surface area (Å²) in [6, 6.07) is 5.07. The molecule has 1 aliphatic carbocycles. The number of halogens is 1. The zero-order valence-corrected chi connectivity index (χ0v) is 25.1. The summed E-state index contributed by atoms with van der Waals surface area (Å²) in [6.07, 6.45) is 12.0. The fourth-order valence-corrected chi connectivity index (χ4v) is 5.48. The van der Waals surface area contributed by atoms with Crippen molar-refractivity contribution in [3.05, 3.63) is 63.2 Å². The minimum Gasteiger partial charge on any atom is -0.456 e. The van der Waals surface area contributed by atoms with Crippen LogP contribution >= 0.6 is 11.6 Å². The normalized spacial score (nSPS) is 22.5. The quantitative estimate of drug-likeness (QED) is 0.0541. The number of non-ortho nitro benzene ring substituents is 1. The van der Waals surface area contributed by atoms with E-state index >= 15 is 0 Å². The van der Waals surface area contributed by atoms with Gasteiger partial charge >= 0.3 is 5.97 Å². The Balaban J connectivity index is 1.43. The minimum absolute atomic E-state index is 0.0289. The van der Waals surface area contributed by atoms with Crippen molar-refractivity contribution < 1.29 is 33.5 Å². The lowest BCUT2D eigenvalue weighted by Crippen LogP contribution is -2.43. The maximum Gasteiger partial charge on any atom is 0.338 e. The SMILES string of the molecule is CCCCCCC[C@@H](C/C=C/CCC(=O)NC/C(=C/Cl)[C@]12O[C@H]1[C@@H](OC(=O)c1ccc([N+](=O)[O-])cc1)CCC2=O)OC. The molecule has 1 aromatic rings. The Morgan fingerprint density at radius 3 is 2.62 bits per heavy atom. The highest BCUT2D eigenvalue weighted by Crippen LogP contribution is 2.51. The summed E-state index contributed by atoms with van der Waals surface area (Å²) in [5, 5.41) is 13.7. The highest BCUT2D eigenvalue weighted by atomic mass is 35.5. The number of unbranched alkanes of at least 4 members (excludes halogenated alkanes) is 4. The Bertz CT molecular complexity index is 1150. The van der Waals surface area contributed by atoms with Gasteiger partial charge in [-0.15, -0.1) is 0 Å². The molecule has 1 N–H and O–H groups in total. The summed E-state index contributed by atoms with van der Waals surface area (Å²) in [6.45, 7) is 2.23. The number of Topliss-reactive ketones (excluding diaryl/α,β-unsaturated/α-hetero) is 1. The van der Waals surface area contributed by atoms with Crippen LogP contribution in [-0.4, -0.2) is 60.2 Å². The summed E-state index contributed by atoms with van der Waals surface area (Å²) in [5.41, 5.74) is 0.322. The van der Waals surface area contributed by atoms with Gasteiger partial charge in [0.15, 0.2) is 11.4 Å². The van der Waals surface area contributed by atoms with E-state index in [1.807, 2.05) is 6.08 Å². The Morgan fingerprint density at radius 1 is 1.21 bits per heavy atom. The molecule has 1 saturated heterocycles. The van der Waals surface area contributed by atoms with E-state index in [1.165, 1.54) is 55.5 Å². The summed E-state index contributed by atoms with van der Waals surface area (Å²) in [5.74, 6) is -1.04.